The zero-order chi connectivity index (χ0) is 15.3. The van der Waals surface area contributed by atoms with E-state index < -0.39 is 5.91 Å². The third kappa shape index (κ3) is 4.89. The molecule has 0 saturated heterocycles. The van der Waals surface area contributed by atoms with Crippen molar-refractivity contribution in [2.75, 3.05) is 19.0 Å². The van der Waals surface area contributed by atoms with Gasteiger partial charge in [-0.05, 0) is 39.0 Å². The van der Waals surface area contributed by atoms with Crippen molar-refractivity contribution >= 4 is 17.5 Å². The minimum Gasteiger partial charge on any atom is -0.495 e. The molecule has 110 valence electrons. The summed E-state index contributed by atoms with van der Waals surface area (Å²) in [5.41, 5.74) is 5.79. The molecule has 0 aliphatic rings. The van der Waals surface area contributed by atoms with E-state index in [0.29, 0.717) is 17.0 Å². The van der Waals surface area contributed by atoms with Gasteiger partial charge in [0.05, 0.1) is 19.3 Å². The van der Waals surface area contributed by atoms with Crippen molar-refractivity contribution in [3.05, 3.63) is 23.8 Å². The predicted octanol–water partition coefficient (Wildman–Crippen LogP) is 1.12. The minimum atomic E-state index is -0.559. The molecule has 0 atom stereocenters. The third-order valence-electron chi connectivity index (χ3n) is 2.54. The zero-order valence-electron chi connectivity index (χ0n) is 12.2. The fraction of sp³-hybridized carbons (Fsp3) is 0.429. The molecule has 0 fully saturated rings. The second-order valence-electron chi connectivity index (χ2n) is 5.43. The van der Waals surface area contributed by atoms with Crippen molar-refractivity contribution in [3.63, 3.8) is 0 Å². The van der Waals surface area contributed by atoms with Gasteiger partial charge in [0.15, 0.2) is 0 Å². The molecule has 0 bridgehead atoms. The first kappa shape index (κ1) is 16.0. The summed E-state index contributed by atoms with van der Waals surface area (Å²) in [6, 6.07) is 4.63. The van der Waals surface area contributed by atoms with Crippen LogP contribution in [0.2, 0.25) is 0 Å². The van der Waals surface area contributed by atoms with E-state index in [-0.39, 0.29) is 18.0 Å². The highest BCUT2D eigenvalue weighted by Crippen LogP contribution is 2.25. The quantitative estimate of drug-likeness (QED) is 0.753. The minimum absolute atomic E-state index is 0.156. The summed E-state index contributed by atoms with van der Waals surface area (Å²) in [6.45, 7) is 6.06. The van der Waals surface area contributed by atoms with Crippen LogP contribution >= 0.6 is 0 Å². The number of nitrogens with one attached hydrogen (secondary N) is 2. The first-order valence-corrected chi connectivity index (χ1v) is 6.25. The van der Waals surface area contributed by atoms with Gasteiger partial charge in [0.1, 0.15) is 5.75 Å². The normalized spacial score (nSPS) is 11.0. The Morgan fingerprint density at radius 2 is 1.95 bits per heavy atom. The van der Waals surface area contributed by atoms with Crippen LogP contribution in [0.1, 0.15) is 31.1 Å². The molecule has 0 aromatic heterocycles. The maximum Gasteiger partial charge on any atom is 0.248 e. The van der Waals surface area contributed by atoms with Gasteiger partial charge in [-0.15, -0.1) is 0 Å². The van der Waals surface area contributed by atoms with Crippen LogP contribution in [-0.2, 0) is 4.79 Å². The van der Waals surface area contributed by atoms with Gasteiger partial charge in [-0.3, -0.25) is 9.59 Å². The largest absolute Gasteiger partial charge is 0.495 e. The lowest BCUT2D eigenvalue weighted by atomic mass is 10.1. The van der Waals surface area contributed by atoms with Gasteiger partial charge in [-0.1, -0.05) is 0 Å². The van der Waals surface area contributed by atoms with Gasteiger partial charge in [-0.2, -0.15) is 0 Å². The highest BCUT2D eigenvalue weighted by Gasteiger charge is 2.14. The molecule has 0 saturated carbocycles. The molecule has 1 aromatic carbocycles. The number of amides is 2. The Hall–Kier alpha value is -2.08. The number of carbonyl (C=O) groups excluding carboxylic acids is 2. The first-order valence-electron chi connectivity index (χ1n) is 6.25. The van der Waals surface area contributed by atoms with Crippen LogP contribution in [0.25, 0.3) is 0 Å². The maximum atomic E-state index is 11.9. The number of primary amides is 1. The van der Waals surface area contributed by atoms with E-state index in [1.54, 1.807) is 12.1 Å². The summed E-state index contributed by atoms with van der Waals surface area (Å²) in [4.78, 5) is 23.0. The number of anilines is 1. The van der Waals surface area contributed by atoms with E-state index in [0.717, 1.165) is 0 Å². The van der Waals surface area contributed by atoms with Crippen molar-refractivity contribution in [3.8, 4) is 5.75 Å². The van der Waals surface area contributed by atoms with Gasteiger partial charge in [-0.25, -0.2) is 0 Å². The molecule has 6 heteroatoms. The number of ether oxygens (including phenoxy) is 1. The van der Waals surface area contributed by atoms with Crippen molar-refractivity contribution in [2.24, 2.45) is 5.73 Å². The first-order chi connectivity index (χ1) is 9.23. The molecule has 0 heterocycles. The molecule has 20 heavy (non-hydrogen) atoms. The molecule has 0 aliphatic heterocycles. The summed E-state index contributed by atoms with van der Waals surface area (Å²) >= 11 is 0. The molecule has 2 amide bonds. The molecule has 0 unspecified atom stereocenters. The van der Waals surface area contributed by atoms with Gasteiger partial charge in [0, 0.05) is 11.1 Å². The number of methoxy groups -OCH3 is 1. The van der Waals surface area contributed by atoms with Crippen LogP contribution < -0.4 is 21.1 Å². The van der Waals surface area contributed by atoms with Crippen molar-refractivity contribution in [1.29, 1.82) is 0 Å². The Bertz CT molecular complexity index is 507. The summed E-state index contributed by atoms with van der Waals surface area (Å²) in [5, 5.41) is 5.77. The van der Waals surface area contributed by atoms with E-state index in [2.05, 4.69) is 10.6 Å². The number of nitrogens with two attached hydrogens (primary N) is 1. The topological polar surface area (TPSA) is 93.4 Å². The highest BCUT2D eigenvalue weighted by atomic mass is 16.5. The van der Waals surface area contributed by atoms with E-state index in [1.165, 1.54) is 13.2 Å². The van der Waals surface area contributed by atoms with Crippen LogP contribution in [0.4, 0.5) is 5.69 Å². The van der Waals surface area contributed by atoms with Crippen molar-refractivity contribution in [1.82, 2.24) is 5.32 Å². The molecular weight excluding hydrogens is 258 g/mol. The standard InChI is InChI=1S/C14H21N3O3/c1-14(2,3)16-8-12(18)17-10-7-9(13(15)19)5-6-11(10)20-4/h5-7,16H,8H2,1-4H3,(H2,15,19)(H,17,18). The average Bonchev–Trinajstić information content (AvgIpc) is 2.35. The van der Waals surface area contributed by atoms with Gasteiger partial charge < -0.3 is 21.1 Å². The Morgan fingerprint density at radius 3 is 2.45 bits per heavy atom. The lowest BCUT2D eigenvalue weighted by Gasteiger charge is -2.20. The Labute approximate surface area is 118 Å². The lowest BCUT2D eigenvalue weighted by molar-refractivity contribution is -0.115. The van der Waals surface area contributed by atoms with E-state index in [9.17, 15) is 9.59 Å². The Kier molecular flexibility index (Phi) is 5.10. The third-order valence-corrected chi connectivity index (χ3v) is 2.54. The Balaban J connectivity index is 2.82. The predicted molar refractivity (Wildman–Crippen MR) is 77.9 cm³/mol. The summed E-state index contributed by atoms with van der Waals surface area (Å²) in [7, 11) is 1.49. The molecular formula is C14H21N3O3. The number of carbonyl (C=O) groups is 2. The molecule has 0 radical (unpaired) electrons. The number of benzene rings is 1. The fourth-order valence-electron chi connectivity index (χ4n) is 1.50. The highest BCUT2D eigenvalue weighted by molar-refractivity contribution is 5.98. The average molecular weight is 279 g/mol. The molecule has 0 aliphatic carbocycles. The molecule has 1 rings (SSSR count). The zero-order valence-corrected chi connectivity index (χ0v) is 12.2. The molecule has 1 aromatic rings. The van der Waals surface area contributed by atoms with E-state index in [1.807, 2.05) is 20.8 Å². The van der Waals surface area contributed by atoms with Crippen LogP contribution in [0, 0.1) is 0 Å². The van der Waals surface area contributed by atoms with Crippen LogP contribution in [0.3, 0.4) is 0 Å². The van der Waals surface area contributed by atoms with Crippen molar-refractivity contribution in [2.45, 2.75) is 26.3 Å². The molecule has 0 spiro atoms. The monoisotopic (exact) mass is 279 g/mol. The number of rotatable bonds is 5. The van der Waals surface area contributed by atoms with Gasteiger partial charge >= 0.3 is 0 Å². The summed E-state index contributed by atoms with van der Waals surface area (Å²) < 4.78 is 5.14. The smallest absolute Gasteiger partial charge is 0.248 e. The van der Waals surface area contributed by atoms with Crippen LogP contribution in [0.5, 0.6) is 5.75 Å². The molecule has 4 N–H and O–H groups in total. The van der Waals surface area contributed by atoms with E-state index >= 15 is 0 Å². The SMILES string of the molecule is COc1ccc(C(N)=O)cc1NC(=O)CNC(C)(C)C. The number of hydrogen-bond donors (Lipinski definition) is 3. The van der Waals surface area contributed by atoms with E-state index in [4.69, 9.17) is 10.5 Å². The van der Waals surface area contributed by atoms with Crippen LogP contribution in [0.15, 0.2) is 18.2 Å². The second kappa shape index (κ2) is 6.38. The maximum absolute atomic E-state index is 11.9. The second-order valence-corrected chi connectivity index (χ2v) is 5.43. The van der Waals surface area contributed by atoms with Crippen molar-refractivity contribution < 1.29 is 14.3 Å². The van der Waals surface area contributed by atoms with Gasteiger partial charge in [0.25, 0.3) is 0 Å². The summed E-state index contributed by atoms with van der Waals surface area (Å²) in [5.74, 6) is -0.310. The number of hydrogen-bond acceptors (Lipinski definition) is 4. The summed E-state index contributed by atoms with van der Waals surface area (Å²) in [6.07, 6.45) is 0. The molecule has 6 nitrogen and oxygen atoms in total. The fourth-order valence-corrected chi connectivity index (χ4v) is 1.50. The lowest BCUT2D eigenvalue weighted by Crippen LogP contribution is -2.41. The van der Waals surface area contributed by atoms with Gasteiger partial charge in [0.2, 0.25) is 11.8 Å². The Morgan fingerprint density at radius 1 is 1.30 bits per heavy atom. The van der Waals surface area contributed by atoms with Crippen LogP contribution in [-0.4, -0.2) is 31.0 Å².